The first kappa shape index (κ1) is 36.3. The molecule has 0 unspecified atom stereocenters. The Morgan fingerprint density at radius 3 is 1.90 bits per heavy atom. The van der Waals surface area contributed by atoms with Crippen LogP contribution in [0.3, 0.4) is 0 Å². The molecule has 7 heteroatoms. The Bertz CT molecular complexity index is 1920. The van der Waals surface area contributed by atoms with E-state index in [4.69, 9.17) is 4.98 Å². The zero-order chi connectivity index (χ0) is 32.5. The van der Waals surface area contributed by atoms with Gasteiger partial charge in [0.25, 0.3) is 0 Å². The summed E-state index contributed by atoms with van der Waals surface area (Å²) in [5, 5.41) is 10.9. The van der Waals surface area contributed by atoms with Gasteiger partial charge < -0.3 is 15.0 Å². The Balaban J connectivity index is 0.00000260. The van der Waals surface area contributed by atoms with Gasteiger partial charge in [0.2, 0.25) is 0 Å². The summed E-state index contributed by atoms with van der Waals surface area (Å²) in [4.78, 5) is 16.4. The topological polar surface area (TPSA) is 62.1 Å². The van der Waals surface area contributed by atoms with Gasteiger partial charge in [0.1, 0.15) is 11.6 Å². The molecule has 0 aliphatic rings. The number of rotatable bonds is 6. The molecule has 3 heterocycles. The largest absolute Gasteiger partial charge is 0.507 e. The van der Waals surface area contributed by atoms with Gasteiger partial charge in [-0.25, -0.2) is 4.98 Å². The van der Waals surface area contributed by atoms with Gasteiger partial charge in [-0.1, -0.05) is 108 Å². The van der Waals surface area contributed by atoms with E-state index >= 15 is 0 Å². The summed E-state index contributed by atoms with van der Waals surface area (Å²) in [7, 11) is 0. The van der Waals surface area contributed by atoms with Crippen molar-refractivity contribution >= 4 is 25.6 Å². The Morgan fingerprint density at radius 1 is 0.667 bits per heavy atom. The normalized spacial score (nSPS) is 11.3. The van der Waals surface area contributed by atoms with Crippen LogP contribution in [0.2, 0.25) is 0 Å². The average Bonchev–Trinajstić information content (AvgIpc) is 3.05. The van der Waals surface area contributed by atoms with Crippen molar-refractivity contribution in [1.82, 2.24) is 15.0 Å². The minimum atomic E-state index is -0.0369. The van der Waals surface area contributed by atoms with Gasteiger partial charge in [-0.2, -0.15) is 0 Å². The van der Waals surface area contributed by atoms with E-state index in [1.807, 2.05) is 71.6 Å². The quantitative estimate of drug-likeness (QED) is 0.134. The molecule has 0 aliphatic carbocycles. The Hall–Kier alpha value is -4.54. The van der Waals surface area contributed by atoms with E-state index in [0.717, 1.165) is 33.9 Å². The number of phenolic OH excluding ortho intramolecular Hbond substituents is 1. The number of hydrogen-bond donors (Lipinski definition) is 1. The summed E-state index contributed by atoms with van der Waals surface area (Å²) >= 11 is 0. The fourth-order valence-electron chi connectivity index (χ4n) is 5.41. The van der Waals surface area contributed by atoms with E-state index in [2.05, 4.69) is 87.9 Å². The summed E-state index contributed by atoms with van der Waals surface area (Å²) in [5.41, 5.74) is 9.02. The van der Waals surface area contributed by atoms with Crippen LogP contribution in [0, 0.1) is 6.07 Å². The average molecular weight is 810 g/mol. The molecule has 0 aliphatic heterocycles. The van der Waals surface area contributed by atoms with Crippen molar-refractivity contribution in [1.29, 1.82) is 0 Å². The van der Waals surface area contributed by atoms with Crippen molar-refractivity contribution in [3.63, 3.8) is 0 Å². The maximum absolute atomic E-state index is 10.9. The fourth-order valence-corrected chi connectivity index (χ4v) is 5.41. The molecule has 6 rings (SSSR count). The van der Waals surface area contributed by atoms with Crippen molar-refractivity contribution in [3.05, 3.63) is 139 Å². The zero-order valence-electron chi connectivity index (χ0n) is 28.2. The third-order valence-electron chi connectivity index (χ3n) is 8.08. The van der Waals surface area contributed by atoms with Gasteiger partial charge in [0.15, 0.2) is 0 Å². The Morgan fingerprint density at radius 2 is 1.27 bits per heavy atom. The van der Waals surface area contributed by atoms with Crippen molar-refractivity contribution in [2.24, 2.45) is 0 Å². The van der Waals surface area contributed by atoms with Crippen molar-refractivity contribution < 1.29 is 26.2 Å². The van der Waals surface area contributed by atoms with E-state index in [0.29, 0.717) is 17.0 Å². The fraction of sp³-hybridized carbons (Fsp3) is 0.195. The molecule has 0 spiro atoms. The van der Waals surface area contributed by atoms with E-state index in [9.17, 15) is 5.11 Å². The van der Waals surface area contributed by atoms with Crippen LogP contribution in [-0.4, -0.2) is 28.5 Å². The van der Waals surface area contributed by atoms with Crippen LogP contribution in [0.1, 0.15) is 52.7 Å². The predicted octanol–water partition coefficient (Wildman–Crippen LogP) is 10.1. The van der Waals surface area contributed by atoms with Gasteiger partial charge in [-0.3, -0.25) is 4.98 Å². The summed E-state index contributed by atoms with van der Waals surface area (Å²) in [6.07, 6.45) is 5.36. The molecule has 3 radical (unpaired) electrons. The van der Waals surface area contributed by atoms with E-state index in [1.165, 1.54) is 11.1 Å². The van der Waals surface area contributed by atoms with Crippen LogP contribution >= 0.6 is 0 Å². The first-order chi connectivity index (χ1) is 22.0. The Kier molecular flexibility index (Phi) is 11.1. The summed E-state index contributed by atoms with van der Waals surface area (Å²) < 4.78 is 0. The number of phenols is 1. The smallest absolute Gasteiger partial charge is 0.136 e. The molecule has 243 valence electrons. The summed E-state index contributed by atoms with van der Waals surface area (Å²) in [6.45, 7) is 13.5. The molecule has 0 fully saturated rings. The third-order valence-corrected chi connectivity index (χ3v) is 8.08. The molecule has 3 aromatic heterocycles. The van der Waals surface area contributed by atoms with Crippen LogP contribution < -0.4 is 4.90 Å². The second kappa shape index (κ2) is 14.7. The van der Waals surface area contributed by atoms with Crippen molar-refractivity contribution in [2.45, 2.75) is 52.4 Å². The van der Waals surface area contributed by atoms with Crippen LogP contribution in [0.4, 0.5) is 17.2 Å². The number of pyridine rings is 3. The molecular weight excluding hydrogens is 770 g/mol. The monoisotopic (exact) mass is 809 g/mol. The van der Waals surface area contributed by atoms with Crippen LogP contribution in [-0.2, 0) is 31.9 Å². The first-order valence-electron chi connectivity index (χ1n) is 15.6. The molecule has 3 aromatic carbocycles. The number of nitrogens with zero attached hydrogens (tertiary/aromatic N) is 4. The maximum atomic E-state index is 10.9. The van der Waals surface area contributed by atoms with Crippen LogP contribution in [0.15, 0.2) is 122 Å². The molecule has 1 N–H and O–H groups in total. The molecule has 5 nitrogen and oxygen atoms in total. The molecular formula is C41H39BN4OPt-. The van der Waals surface area contributed by atoms with Gasteiger partial charge in [-0.05, 0) is 93.1 Å². The molecule has 6 aromatic rings. The number of aromatic nitrogens is 3. The zero-order valence-corrected chi connectivity index (χ0v) is 30.4. The second-order valence-electron chi connectivity index (χ2n) is 13.6. The number of para-hydroxylation sites is 2. The van der Waals surface area contributed by atoms with E-state index in [1.54, 1.807) is 24.7 Å². The minimum Gasteiger partial charge on any atom is -0.507 e. The minimum absolute atomic E-state index is 0. The molecule has 0 saturated heterocycles. The maximum Gasteiger partial charge on any atom is 0.136 e. The summed E-state index contributed by atoms with van der Waals surface area (Å²) in [6, 6.07) is 37.9. The van der Waals surface area contributed by atoms with Crippen LogP contribution in [0.5, 0.6) is 5.75 Å². The van der Waals surface area contributed by atoms with Crippen LogP contribution in [0.25, 0.3) is 33.6 Å². The number of hydrogen-bond acceptors (Lipinski definition) is 5. The van der Waals surface area contributed by atoms with Gasteiger partial charge in [-0.15, -0.1) is 11.6 Å². The molecule has 0 amide bonds. The molecule has 48 heavy (non-hydrogen) atoms. The van der Waals surface area contributed by atoms with Gasteiger partial charge >= 0.3 is 0 Å². The third kappa shape index (κ3) is 7.94. The standard InChI is InChI=1S/C41H39N4O.B.Pt/c1-40(2,3)31-20-28(21-32(25-31)41(4,5)6)29-23-36(44-37(24-29)35-16-10-11-17-38(35)46)30-22-34(27-42-26-30)45(33-14-8-7-9-15-33)39-18-12-13-19-43-39;;/h7-21,23-27,46H,1-6H3;;/q-1;;. The van der Waals surface area contributed by atoms with Crippen molar-refractivity contribution in [3.8, 4) is 39.4 Å². The number of anilines is 3. The molecule has 0 bridgehead atoms. The Labute approximate surface area is 301 Å². The van der Waals surface area contributed by atoms with Gasteiger partial charge in [0.05, 0.1) is 5.69 Å². The van der Waals surface area contributed by atoms with E-state index in [-0.39, 0.29) is 46.1 Å². The van der Waals surface area contributed by atoms with Crippen molar-refractivity contribution in [2.75, 3.05) is 4.90 Å². The molecule has 0 saturated carbocycles. The van der Waals surface area contributed by atoms with E-state index < -0.39 is 0 Å². The first-order valence-corrected chi connectivity index (χ1v) is 15.6. The van der Waals surface area contributed by atoms with Gasteiger partial charge in [0, 0.05) is 46.9 Å². The second-order valence-corrected chi connectivity index (χ2v) is 13.6. The SMILES string of the molecule is CC(C)(C)c1cc(-c2cc(-c3[c-]c(N(c4ccccc4)c4ccccn4)cnc3)nc(-c3ccccc3O)c2)cc(C(C)(C)C)c1.[B].[Pt]. The number of aromatic hydroxyl groups is 1. The summed E-state index contributed by atoms with van der Waals surface area (Å²) in [5.74, 6) is 0.937. The predicted molar refractivity (Wildman–Crippen MR) is 194 cm³/mol. The number of benzene rings is 3. The molecule has 0 atom stereocenters.